The maximum absolute atomic E-state index is 12.6. The summed E-state index contributed by atoms with van der Waals surface area (Å²) in [6.07, 6.45) is 0. The molecule has 0 aliphatic heterocycles. The topological polar surface area (TPSA) is 22.1 Å². The van der Waals surface area contributed by atoms with Crippen LogP contribution >= 0.6 is 0 Å². The van der Waals surface area contributed by atoms with Crippen molar-refractivity contribution in [2.45, 2.75) is 6.92 Å². The van der Waals surface area contributed by atoms with Gasteiger partial charge in [0.05, 0.1) is 12.8 Å². The Morgan fingerprint density at radius 2 is 2.00 bits per heavy atom. The van der Waals surface area contributed by atoms with Crippen LogP contribution in [-0.4, -0.2) is 12.1 Å². The van der Waals surface area contributed by atoms with E-state index in [1.807, 2.05) is 0 Å². The van der Waals surface area contributed by atoms with Crippen LogP contribution in [0.4, 0.5) is 8.78 Å². The number of ether oxygens (including phenoxy) is 1. The van der Waals surface area contributed by atoms with Gasteiger partial charge in [-0.15, -0.1) is 0 Å². The van der Waals surface area contributed by atoms with Crippen LogP contribution in [0.25, 0.3) is 0 Å². The minimum atomic E-state index is -0.782. The summed E-state index contributed by atoms with van der Waals surface area (Å²) in [5.74, 6) is -1.62. The fraction of sp³-hybridized carbons (Fsp3) is 0.286. The first-order chi connectivity index (χ1) is 5.15. The molecule has 2 nitrogen and oxygen atoms in total. The van der Waals surface area contributed by atoms with Gasteiger partial charge in [0.15, 0.2) is 5.82 Å². The Morgan fingerprint density at radius 1 is 1.36 bits per heavy atom. The molecule has 0 bridgehead atoms. The minimum Gasteiger partial charge on any atom is -0.479 e. The molecule has 60 valence electrons. The average Bonchev–Trinajstić information content (AvgIpc) is 1.97. The van der Waals surface area contributed by atoms with Crippen LogP contribution in [0, 0.1) is 18.6 Å². The average molecular weight is 159 g/mol. The van der Waals surface area contributed by atoms with Gasteiger partial charge in [0.2, 0.25) is 0 Å². The zero-order valence-electron chi connectivity index (χ0n) is 6.19. The Labute approximate surface area is 62.8 Å². The molecular weight excluding hydrogens is 152 g/mol. The number of methoxy groups -OCH3 is 1. The third kappa shape index (κ3) is 1.45. The van der Waals surface area contributed by atoms with E-state index in [2.05, 4.69) is 9.72 Å². The van der Waals surface area contributed by atoms with Crippen molar-refractivity contribution >= 4 is 0 Å². The predicted molar refractivity (Wildman–Crippen MR) is 35.4 cm³/mol. The van der Waals surface area contributed by atoms with Crippen molar-refractivity contribution in [1.29, 1.82) is 0 Å². The van der Waals surface area contributed by atoms with Crippen LogP contribution in [-0.2, 0) is 0 Å². The summed E-state index contributed by atoms with van der Waals surface area (Å²) in [6, 6.07) is 0.751. The highest BCUT2D eigenvalue weighted by atomic mass is 19.1. The quantitative estimate of drug-likeness (QED) is 0.621. The maximum Gasteiger partial charge on any atom is 0.250 e. The summed E-state index contributed by atoms with van der Waals surface area (Å²) in [5, 5.41) is 0. The molecule has 4 heteroatoms. The predicted octanol–water partition coefficient (Wildman–Crippen LogP) is 1.68. The SMILES string of the molecule is COc1nc(C)c(F)cc1F. The molecule has 0 saturated heterocycles. The Bertz CT molecular complexity index is 275. The highest BCUT2D eigenvalue weighted by Gasteiger charge is 2.07. The third-order valence-electron chi connectivity index (χ3n) is 1.27. The number of halogens is 2. The minimum absolute atomic E-state index is 0.128. The fourth-order valence-electron chi connectivity index (χ4n) is 0.680. The van der Waals surface area contributed by atoms with Gasteiger partial charge in [0, 0.05) is 6.07 Å². The van der Waals surface area contributed by atoms with E-state index in [4.69, 9.17) is 0 Å². The summed E-state index contributed by atoms with van der Waals surface area (Å²) in [7, 11) is 1.28. The van der Waals surface area contributed by atoms with E-state index in [0.29, 0.717) is 0 Å². The van der Waals surface area contributed by atoms with Crippen molar-refractivity contribution < 1.29 is 13.5 Å². The molecule has 1 heterocycles. The lowest BCUT2D eigenvalue weighted by molar-refractivity contribution is 0.364. The van der Waals surface area contributed by atoms with Crippen molar-refractivity contribution in [3.8, 4) is 5.88 Å². The molecule has 0 radical (unpaired) electrons. The lowest BCUT2D eigenvalue weighted by atomic mass is 10.3. The van der Waals surface area contributed by atoms with Gasteiger partial charge in [-0.05, 0) is 6.92 Å². The molecule has 1 rings (SSSR count). The van der Waals surface area contributed by atoms with E-state index in [1.54, 1.807) is 0 Å². The number of nitrogens with zero attached hydrogens (tertiary/aromatic N) is 1. The first kappa shape index (κ1) is 7.91. The van der Waals surface area contributed by atoms with E-state index in [0.717, 1.165) is 6.07 Å². The molecule has 0 saturated carbocycles. The number of aryl methyl sites for hydroxylation is 1. The maximum atomic E-state index is 12.6. The smallest absolute Gasteiger partial charge is 0.250 e. The van der Waals surface area contributed by atoms with Crippen LogP contribution < -0.4 is 4.74 Å². The third-order valence-corrected chi connectivity index (χ3v) is 1.27. The van der Waals surface area contributed by atoms with Crippen LogP contribution in [0.2, 0.25) is 0 Å². The summed E-state index contributed by atoms with van der Waals surface area (Å²) < 4.78 is 29.7. The number of aromatic nitrogens is 1. The Morgan fingerprint density at radius 3 is 2.55 bits per heavy atom. The molecule has 1 aromatic heterocycles. The van der Waals surface area contributed by atoms with Gasteiger partial charge < -0.3 is 4.74 Å². The first-order valence-corrected chi connectivity index (χ1v) is 3.01. The highest BCUT2D eigenvalue weighted by molar-refractivity contribution is 5.18. The molecule has 0 aliphatic rings. The van der Waals surface area contributed by atoms with Gasteiger partial charge in [-0.3, -0.25) is 0 Å². The van der Waals surface area contributed by atoms with Gasteiger partial charge in [0.1, 0.15) is 5.82 Å². The van der Waals surface area contributed by atoms with Crippen molar-refractivity contribution in [2.75, 3.05) is 7.11 Å². The largest absolute Gasteiger partial charge is 0.479 e. The van der Waals surface area contributed by atoms with E-state index in [-0.39, 0.29) is 11.6 Å². The Hall–Kier alpha value is -1.19. The Balaban J connectivity index is 3.21. The zero-order chi connectivity index (χ0) is 8.43. The van der Waals surface area contributed by atoms with Crippen LogP contribution in [0.3, 0.4) is 0 Å². The molecule has 1 aromatic rings. The van der Waals surface area contributed by atoms with Crippen LogP contribution in [0.5, 0.6) is 5.88 Å². The van der Waals surface area contributed by atoms with Crippen LogP contribution in [0.15, 0.2) is 6.07 Å². The summed E-state index contributed by atoms with van der Waals surface area (Å²) in [4.78, 5) is 3.52. The number of pyridine rings is 1. The number of hydrogen-bond donors (Lipinski definition) is 0. The fourth-order valence-corrected chi connectivity index (χ4v) is 0.680. The zero-order valence-corrected chi connectivity index (χ0v) is 6.19. The molecular formula is C7H7F2NO. The number of hydrogen-bond acceptors (Lipinski definition) is 2. The van der Waals surface area contributed by atoms with Crippen molar-refractivity contribution in [1.82, 2.24) is 4.98 Å². The lowest BCUT2D eigenvalue weighted by Gasteiger charge is -2.01. The highest BCUT2D eigenvalue weighted by Crippen LogP contribution is 2.15. The summed E-state index contributed by atoms with van der Waals surface area (Å²) in [6.45, 7) is 1.44. The summed E-state index contributed by atoms with van der Waals surface area (Å²) >= 11 is 0. The van der Waals surface area contributed by atoms with Gasteiger partial charge in [-0.1, -0.05) is 0 Å². The van der Waals surface area contributed by atoms with Gasteiger partial charge in [-0.2, -0.15) is 0 Å². The molecule has 0 fully saturated rings. The van der Waals surface area contributed by atoms with Crippen molar-refractivity contribution in [3.05, 3.63) is 23.4 Å². The molecule has 0 N–H and O–H groups in total. The van der Waals surface area contributed by atoms with E-state index in [1.165, 1.54) is 14.0 Å². The van der Waals surface area contributed by atoms with Gasteiger partial charge >= 0.3 is 0 Å². The molecule has 0 aromatic carbocycles. The standard InChI is InChI=1S/C7H7F2NO/c1-4-5(8)3-6(9)7(10-4)11-2/h3H,1-2H3. The normalized spacial score (nSPS) is 9.82. The lowest BCUT2D eigenvalue weighted by Crippen LogP contribution is -1.96. The summed E-state index contributed by atoms with van der Waals surface area (Å²) in [5.41, 5.74) is 0.128. The van der Waals surface area contributed by atoms with Crippen LogP contribution in [0.1, 0.15) is 5.69 Å². The second-order valence-corrected chi connectivity index (χ2v) is 2.05. The van der Waals surface area contributed by atoms with Gasteiger partial charge in [0.25, 0.3) is 5.88 Å². The van der Waals surface area contributed by atoms with Crippen molar-refractivity contribution in [2.24, 2.45) is 0 Å². The number of rotatable bonds is 1. The van der Waals surface area contributed by atoms with E-state index < -0.39 is 11.6 Å². The molecule has 0 spiro atoms. The van der Waals surface area contributed by atoms with Gasteiger partial charge in [-0.25, -0.2) is 13.8 Å². The second-order valence-electron chi connectivity index (χ2n) is 2.05. The molecule has 0 unspecified atom stereocenters. The molecule has 0 amide bonds. The molecule has 11 heavy (non-hydrogen) atoms. The Kier molecular flexibility index (Phi) is 2.03. The van der Waals surface area contributed by atoms with E-state index in [9.17, 15) is 8.78 Å². The monoisotopic (exact) mass is 159 g/mol. The first-order valence-electron chi connectivity index (χ1n) is 3.01. The molecule has 0 aliphatic carbocycles. The molecule has 0 atom stereocenters. The van der Waals surface area contributed by atoms with E-state index >= 15 is 0 Å². The second kappa shape index (κ2) is 2.82. The van der Waals surface area contributed by atoms with Crippen molar-refractivity contribution in [3.63, 3.8) is 0 Å².